The second kappa shape index (κ2) is 8.81. The number of carbonyl (C=O) groups excluding carboxylic acids is 1. The molecule has 2 aromatic heterocycles. The largest absolute Gasteiger partial charge is 0.573 e. The van der Waals surface area contributed by atoms with Gasteiger partial charge in [-0.15, -0.1) is 24.5 Å². The molecule has 3 heterocycles. The van der Waals surface area contributed by atoms with Crippen LogP contribution >= 0.6 is 22.9 Å². The third-order valence-electron chi connectivity index (χ3n) is 4.97. The molecule has 0 bridgehead atoms. The molecule has 34 heavy (non-hydrogen) atoms. The highest BCUT2D eigenvalue weighted by molar-refractivity contribution is 7.13. The number of fused-ring (bicyclic) bond motifs is 1. The van der Waals surface area contributed by atoms with E-state index in [2.05, 4.69) is 14.7 Å². The summed E-state index contributed by atoms with van der Waals surface area (Å²) in [5, 5.41) is 1.97. The van der Waals surface area contributed by atoms with Crippen molar-refractivity contribution in [3.8, 4) is 16.3 Å². The summed E-state index contributed by atoms with van der Waals surface area (Å²) in [7, 11) is 0. The zero-order valence-electron chi connectivity index (χ0n) is 18.8. The molecule has 13 heteroatoms. The van der Waals surface area contributed by atoms with Crippen molar-refractivity contribution in [3.63, 3.8) is 0 Å². The van der Waals surface area contributed by atoms with E-state index in [4.69, 9.17) is 20.8 Å². The van der Waals surface area contributed by atoms with Crippen molar-refractivity contribution in [2.24, 2.45) is 0 Å². The minimum atomic E-state index is -4.97. The van der Waals surface area contributed by atoms with Gasteiger partial charge >= 0.3 is 12.5 Å². The number of alkyl halides is 3. The Kier molecular flexibility index (Phi) is 6.32. The van der Waals surface area contributed by atoms with Crippen LogP contribution in [0.3, 0.4) is 0 Å². The van der Waals surface area contributed by atoms with Crippen molar-refractivity contribution >= 4 is 46.1 Å². The molecule has 1 atom stereocenters. The van der Waals surface area contributed by atoms with Gasteiger partial charge in [-0.25, -0.2) is 9.78 Å². The van der Waals surface area contributed by atoms with Crippen molar-refractivity contribution in [2.75, 3.05) is 24.5 Å². The predicted octanol–water partition coefficient (Wildman–Crippen LogP) is 5.95. The maximum absolute atomic E-state index is 13.1. The number of rotatable bonds is 3. The number of thiazole rings is 1. The molecule has 1 amide bonds. The molecular formula is C21H22ClF3N4O4S. The number of oxazole rings is 1. The Balaban J connectivity index is 1.68. The van der Waals surface area contributed by atoms with Crippen molar-refractivity contribution in [3.05, 3.63) is 22.7 Å². The molecule has 0 radical (unpaired) electrons. The maximum Gasteiger partial charge on any atom is 0.573 e. The molecule has 1 unspecified atom stereocenters. The monoisotopic (exact) mass is 518 g/mol. The Morgan fingerprint density at radius 3 is 2.62 bits per heavy atom. The number of carbonyl (C=O) groups is 1. The Morgan fingerprint density at radius 1 is 1.29 bits per heavy atom. The van der Waals surface area contributed by atoms with E-state index < -0.39 is 23.8 Å². The lowest BCUT2D eigenvalue weighted by Crippen LogP contribution is -2.55. The van der Waals surface area contributed by atoms with Crippen LogP contribution in [0.1, 0.15) is 27.7 Å². The van der Waals surface area contributed by atoms with Gasteiger partial charge in [0, 0.05) is 37.3 Å². The third-order valence-corrected chi connectivity index (χ3v) is 6.06. The summed E-state index contributed by atoms with van der Waals surface area (Å²) in [5.74, 6) is -0.639. The fourth-order valence-corrected chi connectivity index (χ4v) is 4.49. The molecule has 0 saturated carbocycles. The van der Waals surface area contributed by atoms with Gasteiger partial charge < -0.3 is 23.7 Å². The number of amides is 1. The van der Waals surface area contributed by atoms with Crippen LogP contribution < -0.4 is 9.64 Å². The molecule has 0 aliphatic carbocycles. The van der Waals surface area contributed by atoms with Gasteiger partial charge in [0.05, 0.1) is 10.6 Å². The summed E-state index contributed by atoms with van der Waals surface area (Å²) < 4.78 is 54.8. The first-order chi connectivity index (χ1) is 15.8. The fourth-order valence-electron chi connectivity index (χ4n) is 3.60. The second-order valence-corrected chi connectivity index (χ2v) is 10.1. The number of anilines is 1. The standard InChI is InChI=1S/C21H22ClF3N4O4S/c1-11-10-28(6-7-29(11)19(30)33-20(2,3)4)18-27-14-15(31-18)12(17-26-5-8-34-17)9-13(22)16(14)32-21(23,24)25/h5,8-9,11H,6-7,10H2,1-4H3. The number of hydrogen-bond acceptors (Lipinski definition) is 8. The molecule has 8 nitrogen and oxygen atoms in total. The second-order valence-electron chi connectivity index (χ2n) is 8.76. The lowest BCUT2D eigenvalue weighted by atomic mass is 10.2. The van der Waals surface area contributed by atoms with Crippen LogP contribution in [-0.2, 0) is 4.74 Å². The van der Waals surface area contributed by atoms with Gasteiger partial charge in [-0.05, 0) is 33.8 Å². The van der Waals surface area contributed by atoms with Crippen LogP contribution in [0.15, 0.2) is 22.1 Å². The number of halogens is 4. The molecule has 3 aromatic rings. The molecule has 1 aliphatic rings. The summed E-state index contributed by atoms with van der Waals surface area (Å²) in [6.45, 7) is 8.20. The van der Waals surface area contributed by atoms with E-state index in [9.17, 15) is 18.0 Å². The van der Waals surface area contributed by atoms with E-state index in [-0.39, 0.29) is 28.2 Å². The lowest BCUT2D eigenvalue weighted by molar-refractivity contribution is -0.274. The third kappa shape index (κ3) is 5.17. The zero-order valence-corrected chi connectivity index (χ0v) is 20.3. The van der Waals surface area contributed by atoms with E-state index in [1.807, 2.05) is 6.92 Å². The minimum Gasteiger partial charge on any atom is -0.444 e. The topological polar surface area (TPSA) is 80.9 Å². The van der Waals surface area contributed by atoms with Gasteiger partial charge in [-0.3, -0.25) is 0 Å². The Bertz CT molecular complexity index is 1190. The Hall–Kier alpha value is -2.73. The summed E-state index contributed by atoms with van der Waals surface area (Å²) in [6, 6.07) is 1.16. The summed E-state index contributed by atoms with van der Waals surface area (Å²) in [5.41, 5.74) is -0.305. The number of aromatic nitrogens is 2. The summed E-state index contributed by atoms with van der Waals surface area (Å²) in [6.07, 6.45) is -3.84. The molecule has 4 rings (SSSR count). The van der Waals surface area contributed by atoms with Crippen molar-refractivity contribution in [1.29, 1.82) is 0 Å². The number of ether oxygens (including phenoxy) is 2. The van der Waals surface area contributed by atoms with Gasteiger partial charge in [0.1, 0.15) is 10.6 Å². The molecule has 1 saturated heterocycles. The maximum atomic E-state index is 13.1. The van der Waals surface area contributed by atoms with E-state index in [1.165, 1.54) is 17.4 Å². The van der Waals surface area contributed by atoms with E-state index >= 15 is 0 Å². The van der Waals surface area contributed by atoms with E-state index in [0.29, 0.717) is 30.2 Å². The van der Waals surface area contributed by atoms with Gasteiger partial charge in [0.2, 0.25) is 0 Å². The first kappa shape index (κ1) is 24.4. The molecular weight excluding hydrogens is 497 g/mol. The van der Waals surface area contributed by atoms with Crippen LogP contribution in [0.5, 0.6) is 5.75 Å². The van der Waals surface area contributed by atoms with E-state index in [1.54, 1.807) is 42.1 Å². The number of piperazine rings is 1. The average molecular weight is 519 g/mol. The minimum absolute atomic E-state index is 0.0795. The lowest BCUT2D eigenvalue weighted by Gasteiger charge is -2.39. The van der Waals surface area contributed by atoms with Crippen molar-refractivity contribution < 1.29 is 31.9 Å². The normalized spacial score (nSPS) is 17.4. The van der Waals surface area contributed by atoms with E-state index in [0.717, 1.165) is 0 Å². The first-order valence-corrected chi connectivity index (χ1v) is 11.6. The van der Waals surface area contributed by atoms with Crippen molar-refractivity contribution in [1.82, 2.24) is 14.9 Å². The fraction of sp³-hybridized carbons (Fsp3) is 0.476. The van der Waals surface area contributed by atoms with Crippen molar-refractivity contribution in [2.45, 2.75) is 45.7 Å². The Labute approximate surface area is 202 Å². The zero-order chi connectivity index (χ0) is 24.8. The summed E-state index contributed by atoms with van der Waals surface area (Å²) >= 11 is 7.43. The molecule has 184 valence electrons. The van der Waals surface area contributed by atoms with Crippen LogP contribution in [0.2, 0.25) is 5.02 Å². The number of nitrogens with zero attached hydrogens (tertiary/aromatic N) is 4. The summed E-state index contributed by atoms with van der Waals surface area (Å²) in [4.78, 5) is 24.4. The SMILES string of the molecule is CC1CN(c2nc3c(OC(F)(F)F)c(Cl)cc(-c4nccs4)c3o2)CCN1C(=O)OC(C)(C)C. The quantitative estimate of drug-likeness (QED) is 0.424. The first-order valence-electron chi connectivity index (χ1n) is 10.4. The molecule has 1 fully saturated rings. The van der Waals surface area contributed by atoms with Gasteiger partial charge in [-0.2, -0.15) is 4.98 Å². The molecule has 0 spiro atoms. The number of hydrogen-bond donors (Lipinski definition) is 0. The average Bonchev–Trinajstić information content (AvgIpc) is 3.38. The van der Waals surface area contributed by atoms with Gasteiger partial charge in [-0.1, -0.05) is 11.6 Å². The number of benzene rings is 1. The van der Waals surface area contributed by atoms with Gasteiger partial charge in [0.25, 0.3) is 6.01 Å². The predicted molar refractivity (Wildman–Crippen MR) is 121 cm³/mol. The van der Waals surface area contributed by atoms with Crippen LogP contribution in [0.25, 0.3) is 21.7 Å². The molecule has 1 aromatic carbocycles. The van der Waals surface area contributed by atoms with Crippen LogP contribution in [-0.4, -0.2) is 58.6 Å². The highest BCUT2D eigenvalue weighted by atomic mass is 35.5. The highest BCUT2D eigenvalue weighted by Crippen LogP contribution is 2.44. The van der Waals surface area contributed by atoms with Crippen LogP contribution in [0.4, 0.5) is 24.0 Å². The molecule has 1 aliphatic heterocycles. The highest BCUT2D eigenvalue weighted by Gasteiger charge is 2.36. The smallest absolute Gasteiger partial charge is 0.444 e. The van der Waals surface area contributed by atoms with Gasteiger partial charge in [0.15, 0.2) is 16.8 Å². The molecule has 0 N–H and O–H groups in total. The Morgan fingerprint density at radius 2 is 2.03 bits per heavy atom. The van der Waals surface area contributed by atoms with Crippen LogP contribution in [0, 0.1) is 0 Å².